The maximum Gasteiger partial charge on any atom is 0.490 e. The van der Waals surface area contributed by atoms with Crippen molar-refractivity contribution < 1.29 is 32.3 Å². The first kappa shape index (κ1) is 21.7. The van der Waals surface area contributed by atoms with Gasteiger partial charge in [0.05, 0.1) is 18.6 Å². The average Bonchev–Trinajstić information content (AvgIpc) is 3.40. The fourth-order valence-electron chi connectivity index (χ4n) is 3.11. The van der Waals surface area contributed by atoms with Gasteiger partial charge in [0.1, 0.15) is 11.4 Å². The van der Waals surface area contributed by atoms with Crippen molar-refractivity contribution in [2.75, 3.05) is 13.1 Å². The number of piperidine rings is 1. The summed E-state index contributed by atoms with van der Waals surface area (Å²) in [7, 11) is 0. The molecule has 1 saturated heterocycles. The van der Waals surface area contributed by atoms with Crippen LogP contribution in [0.3, 0.4) is 0 Å². The molecule has 1 saturated carbocycles. The summed E-state index contributed by atoms with van der Waals surface area (Å²) in [5.41, 5.74) is 0.984. The number of nitrogens with one attached hydrogen (secondary N) is 1. The van der Waals surface area contributed by atoms with E-state index >= 15 is 0 Å². The highest BCUT2D eigenvalue weighted by Crippen LogP contribution is 2.32. The van der Waals surface area contributed by atoms with Crippen LogP contribution in [0, 0.1) is 0 Å². The molecule has 12 heteroatoms. The fourth-order valence-corrected chi connectivity index (χ4v) is 3.11. The Kier molecular flexibility index (Phi) is 6.65. The summed E-state index contributed by atoms with van der Waals surface area (Å²) in [6, 6.07) is 0.688. The van der Waals surface area contributed by atoms with Gasteiger partial charge in [-0.1, -0.05) is 0 Å². The Morgan fingerprint density at radius 1 is 1.07 bits per heavy atom. The van der Waals surface area contributed by atoms with Gasteiger partial charge >= 0.3 is 12.1 Å². The van der Waals surface area contributed by atoms with E-state index in [0.29, 0.717) is 29.2 Å². The summed E-state index contributed by atoms with van der Waals surface area (Å²) in [5.74, 6) is -2.21. The van der Waals surface area contributed by atoms with E-state index in [9.17, 15) is 18.0 Å². The normalized spacial score (nSPS) is 17.0. The number of rotatable bonds is 4. The van der Waals surface area contributed by atoms with Gasteiger partial charge in [-0.05, 0) is 38.8 Å². The number of hydrogen-bond donors (Lipinski definition) is 2. The molecule has 0 bridgehead atoms. The highest BCUT2D eigenvalue weighted by molar-refractivity contribution is 5.92. The van der Waals surface area contributed by atoms with E-state index in [0.717, 1.165) is 38.8 Å². The van der Waals surface area contributed by atoms with Crippen LogP contribution >= 0.6 is 0 Å². The second-order valence-corrected chi connectivity index (χ2v) is 6.88. The summed E-state index contributed by atoms with van der Waals surface area (Å²) in [6.45, 7) is 1.94. The van der Waals surface area contributed by atoms with Crippen molar-refractivity contribution in [3.8, 4) is 11.5 Å². The minimum absolute atomic E-state index is 0.00369. The molecule has 0 spiro atoms. The van der Waals surface area contributed by atoms with E-state index in [2.05, 4.69) is 20.3 Å². The number of aromatic nitrogens is 3. The van der Waals surface area contributed by atoms with E-state index in [1.165, 1.54) is 12.6 Å². The molecule has 2 fully saturated rings. The monoisotopic (exact) mass is 427 g/mol. The van der Waals surface area contributed by atoms with Crippen LogP contribution in [0.2, 0.25) is 0 Å². The average molecular weight is 427 g/mol. The van der Waals surface area contributed by atoms with Crippen molar-refractivity contribution >= 4 is 11.9 Å². The van der Waals surface area contributed by atoms with Gasteiger partial charge in [0.15, 0.2) is 12.2 Å². The molecule has 4 rings (SSSR count). The highest BCUT2D eigenvalue weighted by atomic mass is 19.4. The Hall–Kier alpha value is -3.02. The molecule has 1 aliphatic heterocycles. The standard InChI is InChI=1S/C16H19N5O2.C2HF3O2/c22-16(21(11-1-2-11)12-3-5-17-6-4-12)14-8-19-13(7-20-14)15-9-18-10-23-15;3-2(4,5)1(6)7/h7-12,17H,1-6H2;(H,6,7). The Bertz CT molecular complexity index is 848. The molecule has 2 aliphatic rings. The van der Waals surface area contributed by atoms with Gasteiger partial charge in [-0.3, -0.25) is 4.79 Å². The van der Waals surface area contributed by atoms with Crippen LogP contribution in [0.4, 0.5) is 13.2 Å². The number of carbonyl (C=O) groups is 2. The number of carboxylic acid groups (broad SMARTS) is 1. The Labute approximate surface area is 169 Å². The predicted molar refractivity (Wildman–Crippen MR) is 96.3 cm³/mol. The molecule has 2 N–H and O–H groups in total. The minimum atomic E-state index is -5.08. The van der Waals surface area contributed by atoms with Crippen molar-refractivity contribution in [3.63, 3.8) is 0 Å². The zero-order chi connectivity index (χ0) is 21.7. The second kappa shape index (κ2) is 9.20. The fraction of sp³-hybridized carbons (Fsp3) is 0.500. The van der Waals surface area contributed by atoms with Crippen molar-refractivity contribution in [2.45, 2.75) is 43.9 Å². The van der Waals surface area contributed by atoms with Gasteiger partial charge in [-0.15, -0.1) is 0 Å². The predicted octanol–water partition coefficient (Wildman–Crippen LogP) is 2.12. The molecular formula is C18H20F3N5O4. The first-order chi connectivity index (χ1) is 14.3. The quantitative estimate of drug-likeness (QED) is 0.761. The van der Waals surface area contributed by atoms with E-state index in [1.807, 2.05) is 4.90 Å². The first-order valence-electron chi connectivity index (χ1n) is 9.31. The second-order valence-electron chi connectivity index (χ2n) is 6.88. The summed E-state index contributed by atoms with van der Waals surface area (Å²) in [4.78, 5) is 36.3. The molecule has 3 heterocycles. The SMILES string of the molecule is O=C(O)C(F)(F)F.O=C(c1cnc(-c2cnco2)cn1)N(C1CCNCC1)C1CC1. The third-order valence-corrected chi connectivity index (χ3v) is 4.68. The van der Waals surface area contributed by atoms with Crippen LogP contribution in [0.5, 0.6) is 0 Å². The molecule has 162 valence electrons. The van der Waals surface area contributed by atoms with E-state index in [4.69, 9.17) is 14.3 Å². The summed E-state index contributed by atoms with van der Waals surface area (Å²) >= 11 is 0. The maximum atomic E-state index is 12.9. The summed E-state index contributed by atoms with van der Waals surface area (Å²) in [6.07, 6.45) is 5.16. The van der Waals surface area contributed by atoms with Gasteiger partial charge in [0.2, 0.25) is 0 Å². The van der Waals surface area contributed by atoms with E-state index in [-0.39, 0.29) is 5.91 Å². The van der Waals surface area contributed by atoms with Crippen molar-refractivity contribution in [3.05, 3.63) is 30.7 Å². The topological polar surface area (TPSA) is 121 Å². The third-order valence-electron chi connectivity index (χ3n) is 4.68. The Morgan fingerprint density at radius 3 is 2.17 bits per heavy atom. The van der Waals surface area contributed by atoms with E-state index in [1.54, 1.807) is 12.4 Å². The van der Waals surface area contributed by atoms with E-state index < -0.39 is 12.1 Å². The van der Waals surface area contributed by atoms with Gasteiger partial charge in [-0.25, -0.2) is 19.7 Å². The molecule has 1 amide bonds. The highest BCUT2D eigenvalue weighted by Gasteiger charge is 2.39. The van der Waals surface area contributed by atoms with Crippen molar-refractivity contribution in [1.82, 2.24) is 25.2 Å². The molecule has 1 aliphatic carbocycles. The van der Waals surface area contributed by atoms with Crippen molar-refractivity contribution in [1.29, 1.82) is 0 Å². The van der Waals surface area contributed by atoms with Gasteiger partial charge in [0, 0.05) is 12.1 Å². The largest absolute Gasteiger partial charge is 0.490 e. The molecule has 0 unspecified atom stereocenters. The number of hydrogen-bond acceptors (Lipinski definition) is 7. The lowest BCUT2D eigenvalue weighted by atomic mass is 10.0. The zero-order valence-electron chi connectivity index (χ0n) is 15.8. The molecule has 30 heavy (non-hydrogen) atoms. The lowest BCUT2D eigenvalue weighted by Crippen LogP contribution is -2.47. The number of carbonyl (C=O) groups excluding carboxylic acids is 1. The Morgan fingerprint density at radius 2 is 1.70 bits per heavy atom. The van der Waals surface area contributed by atoms with Crippen LogP contribution in [0.25, 0.3) is 11.5 Å². The molecule has 0 atom stereocenters. The first-order valence-corrected chi connectivity index (χ1v) is 9.31. The number of halogens is 3. The van der Waals surface area contributed by atoms with Crippen LogP contribution < -0.4 is 5.32 Å². The minimum Gasteiger partial charge on any atom is -0.475 e. The molecule has 9 nitrogen and oxygen atoms in total. The van der Waals surface area contributed by atoms with Gasteiger partial charge in [0.25, 0.3) is 5.91 Å². The number of carboxylic acids is 1. The number of nitrogens with zero attached hydrogens (tertiary/aromatic N) is 4. The molecule has 2 aromatic heterocycles. The molecule has 2 aromatic rings. The number of aliphatic carboxylic acids is 1. The van der Waals surface area contributed by atoms with Gasteiger partial charge < -0.3 is 19.7 Å². The summed E-state index contributed by atoms with van der Waals surface area (Å²) < 4.78 is 36.9. The Balaban J connectivity index is 0.000000318. The maximum absolute atomic E-state index is 12.9. The van der Waals surface area contributed by atoms with Crippen LogP contribution in [-0.4, -0.2) is 68.2 Å². The smallest absolute Gasteiger partial charge is 0.475 e. The lowest BCUT2D eigenvalue weighted by Gasteiger charge is -2.34. The lowest BCUT2D eigenvalue weighted by molar-refractivity contribution is -0.192. The number of oxazole rings is 1. The number of amides is 1. The van der Waals surface area contributed by atoms with Crippen molar-refractivity contribution in [2.24, 2.45) is 0 Å². The van der Waals surface area contributed by atoms with Gasteiger partial charge in [-0.2, -0.15) is 13.2 Å². The molecule has 0 radical (unpaired) electrons. The molecular weight excluding hydrogens is 407 g/mol. The summed E-state index contributed by atoms with van der Waals surface area (Å²) in [5, 5.41) is 10.5. The number of alkyl halides is 3. The van der Waals surface area contributed by atoms with Crippen LogP contribution in [0.15, 0.2) is 29.4 Å². The zero-order valence-corrected chi connectivity index (χ0v) is 15.8. The third kappa shape index (κ3) is 5.53. The molecule has 0 aromatic carbocycles. The van der Waals surface area contributed by atoms with Crippen LogP contribution in [0.1, 0.15) is 36.2 Å². The van der Waals surface area contributed by atoms with Crippen LogP contribution in [-0.2, 0) is 4.79 Å².